The number of nitrogens with two attached hydrogens (primary N) is 1. The van der Waals surface area contributed by atoms with Crippen LogP contribution in [0.25, 0.3) is 0 Å². The molecule has 0 amide bonds. The normalized spacial score (nSPS) is 12.4. The molecular weight excluding hydrogens is 247 g/mol. The van der Waals surface area contributed by atoms with Crippen LogP contribution in [-0.4, -0.2) is 22.8 Å². The zero-order valence-electron chi connectivity index (χ0n) is 10.8. The highest BCUT2D eigenvalue weighted by Crippen LogP contribution is 2.11. The third kappa shape index (κ3) is 4.03. The molecule has 0 saturated carbocycles. The summed E-state index contributed by atoms with van der Waals surface area (Å²) in [5.41, 5.74) is 6.45. The SMILES string of the molecule is CC(Cc1ccc(F)cc1)Nc1nnc(CCN)o1. The number of anilines is 1. The van der Waals surface area contributed by atoms with E-state index in [1.165, 1.54) is 12.1 Å². The van der Waals surface area contributed by atoms with Crippen LogP contribution in [0.2, 0.25) is 0 Å². The minimum Gasteiger partial charge on any atom is -0.408 e. The molecule has 1 heterocycles. The molecule has 0 radical (unpaired) electrons. The Hall–Kier alpha value is -1.95. The molecule has 102 valence electrons. The van der Waals surface area contributed by atoms with Crippen molar-refractivity contribution in [1.82, 2.24) is 10.2 Å². The summed E-state index contributed by atoms with van der Waals surface area (Å²) in [4.78, 5) is 0. The molecule has 0 spiro atoms. The van der Waals surface area contributed by atoms with Crippen LogP contribution in [0.15, 0.2) is 28.7 Å². The van der Waals surface area contributed by atoms with Gasteiger partial charge in [0.05, 0.1) is 0 Å². The quantitative estimate of drug-likeness (QED) is 0.831. The maximum Gasteiger partial charge on any atom is 0.315 e. The smallest absolute Gasteiger partial charge is 0.315 e. The molecule has 0 aliphatic heterocycles. The van der Waals surface area contributed by atoms with Crippen molar-refractivity contribution in [3.63, 3.8) is 0 Å². The number of halogens is 1. The third-order valence-electron chi connectivity index (χ3n) is 2.65. The van der Waals surface area contributed by atoms with Gasteiger partial charge in [-0.05, 0) is 31.0 Å². The highest BCUT2D eigenvalue weighted by molar-refractivity contribution is 5.23. The molecule has 1 atom stereocenters. The van der Waals surface area contributed by atoms with E-state index in [4.69, 9.17) is 10.2 Å². The average molecular weight is 264 g/mol. The van der Waals surface area contributed by atoms with Crippen molar-refractivity contribution in [2.75, 3.05) is 11.9 Å². The van der Waals surface area contributed by atoms with Gasteiger partial charge in [0.25, 0.3) is 0 Å². The van der Waals surface area contributed by atoms with Crippen molar-refractivity contribution < 1.29 is 8.81 Å². The Labute approximate surface area is 111 Å². The maximum absolute atomic E-state index is 12.8. The standard InChI is InChI=1S/C13H17FN4O/c1-9(8-10-2-4-11(14)5-3-10)16-13-18-17-12(19-13)6-7-15/h2-5,9H,6-8,15H2,1H3,(H,16,18). The van der Waals surface area contributed by atoms with Gasteiger partial charge in [0.1, 0.15) is 5.82 Å². The second-order valence-corrected chi connectivity index (χ2v) is 4.42. The lowest BCUT2D eigenvalue weighted by Crippen LogP contribution is -2.18. The van der Waals surface area contributed by atoms with E-state index in [-0.39, 0.29) is 11.9 Å². The predicted octanol–water partition coefficient (Wildman–Crippen LogP) is 1.75. The molecule has 19 heavy (non-hydrogen) atoms. The van der Waals surface area contributed by atoms with Gasteiger partial charge in [0.2, 0.25) is 5.89 Å². The first-order valence-corrected chi connectivity index (χ1v) is 6.21. The van der Waals surface area contributed by atoms with Crippen molar-refractivity contribution in [3.05, 3.63) is 41.5 Å². The van der Waals surface area contributed by atoms with E-state index in [2.05, 4.69) is 15.5 Å². The van der Waals surface area contributed by atoms with Crippen LogP contribution in [0.1, 0.15) is 18.4 Å². The van der Waals surface area contributed by atoms with Crippen molar-refractivity contribution in [1.29, 1.82) is 0 Å². The zero-order valence-corrected chi connectivity index (χ0v) is 10.8. The highest BCUT2D eigenvalue weighted by atomic mass is 19.1. The molecule has 6 heteroatoms. The lowest BCUT2D eigenvalue weighted by molar-refractivity contribution is 0.500. The van der Waals surface area contributed by atoms with Crippen molar-refractivity contribution >= 4 is 6.01 Å². The highest BCUT2D eigenvalue weighted by Gasteiger charge is 2.09. The van der Waals surface area contributed by atoms with Gasteiger partial charge in [-0.2, -0.15) is 0 Å². The molecule has 1 aromatic heterocycles. The molecule has 1 aromatic carbocycles. The number of benzene rings is 1. The van der Waals surface area contributed by atoms with Crippen molar-refractivity contribution in [2.45, 2.75) is 25.8 Å². The predicted molar refractivity (Wildman–Crippen MR) is 70.2 cm³/mol. The Morgan fingerprint density at radius 2 is 2.05 bits per heavy atom. The molecule has 0 bridgehead atoms. The van der Waals surface area contributed by atoms with Crippen LogP contribution in [0, 0.1) is 5.82 Å². The molecule has 0 aliphatic carbocycles. The van der Waals surface area contributed by atoms with Crippen LogP contribution in [-0.2, 0) is 12.8 Å². The first-order chi connectivity index (χ1) is 9.17. The largest absolute Gasteiger partial charge is 0.408 e. The Bertz CT molecular complexity index is 512. The molecule has 3 N–H and O–H groups in total. The van der Waals surface area contributed by atoms with Crippen LogP contribution < -0.4 is 11.1 Å². The minimum absolute atomic E-state index is 0.108. The number of hydrogen-bond donors (Lipinski definition) is 2. The Kier molecular flexibility index (Phi) is 4.46. The summed E-state index contributed by atoms with van der Waals surface area (Å²) < 4.78 is 18.2. The summed E-state index contributed by atoms with van der Waals surface area (Å²) >= 11 is 0. The van der Waals surface area contributed by atoms with Crippen LogP contribution in [0.4, 0.5) is 10.4 Å². The summed E-state index contributed by atoms with van der Waals surface area (Å²) in [5.74, 6) is 0.298. The van der Waals surface area contributed by atoms with Gasteiger partial charge < -0.3 is 15.5 Å². The van der Waals surface area contributed by atoms with E-state index < -0.39 is 0 Å². The fourth-order valence-electron chi connectivity index (χ4n) is 1.77. The Balaban J connectivity index is 1.89. The fraction of sp³-hybridized carbons (Fsp3) is 0.385. The lowest BCUT2D eigenvalue weighted by Gasteiger charge is -2.11. The van der Waals surface area contributed by atoms with E-state index in [0.29, 0.717) is 24.9 Å². The number of hydrogen-bond acceptors (Lipinski definition) is 5. The first-order valence-electron chi connectivity index (χ1n) is 6.21. The van der Waals surface area contributed by atoms with Gasteiger partial charge in [-0.25, -0.2) is 4.39 Å². The van der Waals surface area contributed by atoms with Gasteiger partial charge in [-0.15, -0.1) is 5.10 Å². The van der Waals surface area contributed by atoms with E-state index in [0.717, 1.165) is 12.0 Å². The number of nitrogens with zero attached hydrogens (tertiary/aromatic N) is 2. The van der Waals surface area contributed by atoms with Crippen molar-refractivity contribution in [2.24, 2.45) is 5.73 Å². The summed E-state index contributed by atoms with van der Waals surface area (Å²) in [6, 6.07) is 6.93. The molecule has 0 aliphatic rings. The summed E-state index contributed by atoms with van der Waals surface area (Å²) in [6.07, 6.45) is 1.32. The molecule has 1 unspecified atom stereocenters. The second-order valence-electron chi connectivity index (χ2n) is 4.42. The topological polar surface area (TPSA) is 77.0 Å². The van der Waals surface area contributed by atoms with E-state index in [9.17, 15) is 4.39 Å². The third-order valence-corrected chi connectivity index (χ3v) is 2.65. The van der Waals surface area contributed by atoms with Gasteiger partial charge in [-0.1, -0.05) is 17.2 Å². The van der Waals surface area contributed by atoms with Crippen LogP contribution >= 0.6 is 0 Å². The zero-order chi connectivity index (χ0) is 13.7. The molecule has 0 fully saturated rings. The van der Waals surface area contributed by atoms with Gasteiger partial charge in [-0.3, -0.25) is 0 Å². The van der Waals surface area contributed by atoms with Crippen molar-refractivity contribution in [3.8, 4) is 0 Å². The first kappa shape index (κ1) is 13.5. The monoisotopic (exact) mass is 264 g/mol. The molecule has 0 saturated heterocycles. The Morgan fingerprint density at radius 1 is 1.32 bits per heavy atom. The van der Waals surface area contributed by atoms with Crippen LogP contribution in [0.3, 0.4) is 0 Å². The molecule has 5 nitrogen and oxygen atoms in total. The number of nitrogens with one attached hydrogen (secondary N) is 1. The van der Waals surface area contributed by atoms with Gasteiger partial charge in [0.15, 0.2) is 0 Å². The van der Waals surface area contributed by atoms with E-state index in [1.54, 1.807) is 12.1 Å². The van der Waals surface area contributed by atoms with E-state index in [1.807, 2.05) is 6.92 Å². The Morgan fingerprint density at radius 3 is 2.74 bits per heavy atom. The second kappa shape index (κ2) is 6.29. The molecule has 2 rings (SSSR count). The summed E-state index contributed by atoms with van der Waals surface area (Å²) in [7, 11) is 0. The summed E-state index contributed by atoms with van der Waals surface area (Å²) in [5, 5.41) is 10.9. The fourth-order valence-corrected chi connectivity index (χ4v) is 1.77. The number of aromatic nitrogens is 2. The minimum atomic E-state index is -0.229. The molecular formula is C13H17FN4O. The van der Waals surface area contributed by atoms with Crippen LogP contribution in [0.5, 0.6) is 0 Å². The van der Waals surface area contributed by atoms with E-state index >= 15 is 0 Å². The molecule has 2 aromatic rings. The maximum atomic E-state index is 12.8. The lowest BCUT2D eigenvalue weighted by atomic mass is 10.1. The van der Waals surface area contributed by atoms with Gasteiger partial charge >= 0.3 is 6.01 Å². The van der Waals surface area contributed by atoms with Gasteiger partial charge in [0, 0.05) is 19.0 Å². The number of rotatable bonds is 6. The average Bonchev–Trinajstić information content (AvgIpc) is 2.80. The summed E-state index contributed by atoms with van der Waals surface area (Å²) in [6.45, 7) is 2.48.